The molecule has 3 N–H and O–H groups in total. The number of nitrogens with one attached hydrogen (secondary N) is 1. The van der Waals surface area contributed by atoms with E-state index in [9.17, 15) is 14.4 Å². The number of benzene rings is 2. The van der Waals surface area contributed by atoms with E-state index < -0.39 is 11.9 Å². The van der Waals surface area contributed by atoms with Gasteiger partial charge >= 0.3 is 0 Å². The van der Waals surface area contributed by atoms with Crippen molar-refractivity contribution in [3.8, 4) is 17.5 Å². The molecule has 6 rings (SSSR count). The van der Waals surface area contributed by atoms with Crippen LogP contribution in [0.15, 0.2) is 84.2 Å². The van der Waals surface area contributed by atoms with Gasteiger partial charge in [0.25, 0.3) is 11.5 Å². The monoisotopic (exact) mass is 571 g/mol. The second-order valence-electron chi connectivity index (χ2n) is 9.83. The third-order valence-corrected chi connectivity index (χ3v) is 6.76. The minimum atomic E-state index is -0.672. The van der Waals surface area contributed by atoms with E-state index in [1.807, 2.05) is 18.2 Å². The highest BCUT2D eigenvalue weighted by molar-refractivity contribution is 6.01. The third kappa shape index (κ3) is 5.22. The number of aryl methyl sites for hydroxylation is 1. The van der Waals surface area contributed by atoms with Gasteiger partial charge in [-0.1, -0.05) is 36.1 Å². The number of aromatic nitrogens is 7. The average molecular weight is 572 g/mol. The molecule has 2 aromatic carbocycles. The molecule has 0 aliphatic rings. The van der Waals surface area contributed by atoms with Crippen LogP contribution in [0.3, 0.4) is 0 Å². The number of rotatable bonds is 6. The van der Waals surface area contributed by atoms with Crippen molar-refractivity contribution >= 4 is 28.4 Å². The topological polar surface area (TPSA) is 155 Å². The number of para-hydroxylation sites is 1. The van der Waals surface area contributed by atoms with Crippen molar-refractivity contribution in [1.82, 2.24) is 39.2 Å². The van der Waals surface area contributed by atoms with Gasteiger partial charge in [-0.25, -0.2) is 14.5 Å². The van der Waals surface area contributed by atoms with Gasteiger partial charge in [0.2, 0.25) is 5.91 Å². The Hall–Kier alpha value is -6.09. The van der Waals surface area contributed by atoms with Crippen molar-refractivity contribution in [2.75, 3.05) is 0 Å². The van der Waals surface area contributed by atoms with Crippen molar-refractivity contribution in [1.29, 1.82) is 0 Å². The molecule has 0 aliphatic heterocycles. The summed E-state index contributed by atoms with van der Waals surface area (Å²) in [5.74, 6) is 5.50. The minimum Gasteiger partial charge on any atom is -0.368 e. The molecule has 0 radical (unpaired) electrons. The van der Waals surface area contributed by atoms with E-state index in [2.05, 4.69) is 32.3 Å². The fraction of sp³-hybridized carbons (Fsp3) is 0.129. The Morgan fingerprint density at radius 1 is 1.07 bits per heavy atom. The highest BCUT2D eigenvalue weighted by atomic mass is 16.2. The lowest BCUT2D eigenvalue weighted by Gasteiger charge is -2.20. The van der Waals surface area contributed by atoms with Gasteiger partial charge in [0.05, 0.1) is 40.1 Å². The highest BCUT2D eigenvalue weighted by Crippen LogP contribution is 2.21. The van der Waals surface area contributed by atoms with Gasteiger partial charge in [-0.15, -0.1) is 0 Å². The molecule has 4 aromatic heterocycles. The van der Waals surface area contributed by atoms with Crippen molar-refractivity contribution in [2.24, 2.45) is 5.73 Å². The van der Waals surface area contributed by atoms with Gasteiger partial charge in [0.1, 0.15) is 17.9 Å². The van der Waals surface area contributed by atoms with E-state index in [4.69, 9.17) is 10.7 Å². The number of carbonyl (C=O) groups is 2. The number of carbonyl (C=O) groups excluding carboxylic acids is 2. The first-order valence-electron chi connectivity index (χ1n) is 13.3. The average Bonchev–Trinajstić information content (AvgIpc) is 3.58. The first kappa shape index (κ1) is 27.1. The van der Waals surface area contributed by atoms with Crippen LogP contribution in [0.25, 0.3) is 22.2 Å². The van der Waals surface area contributed by atoms with E-state index in [0.717, 1.165) is 0 Å². The van der Waals surface area contributed by atoms with E-state index in [1.54, 1.807) is 73.4 Å². The van der Waals surface area contributed by atoms with Crippen LogP contribution in [0.5, 0.6) is 0 Å². The van der Waals surface area contributed by atoms with Crippen LogP contribution in [0.2, 0.25) is 0 Å². The maximum atomic E-state index is 14.2. The van der Waals surface area contributed by atoms with E-state index in [1.165, 1.54) is 15.4 Å². The summed E-state index contributed by atoms with van der Waals surface area (Å²) in [6, 6.07) is 15.4. The number of hydrogen-bond donors (Lipinski definition) is 2. The summed E-state index contributed by atoms with van der Waals surface area (Å²) in [6.45, 7) is 3.45. The second-order valence-corrected chi connectivity index (χ2v) is 9.83. The molecule has 212 valence electrons. The van der Waals surface area contributed by atoms with Crippen molar-refractivity contribution < 1.29 is 9.59 Å². The fourth-order valence-corrected chi connectivity index (χ4v) is 4.88. The van der Waals surface area contributed by atoms with Gasteiger partial charge in [0, 0.05) is 24.2 Å². The smallest absolute Gasteiger partial charge is 0.267 e. The zero-order valence-electron chi connectivity index (χ0n) is 23.2. The molecule has 1 atom stereocenters. The van der Waals surface area contributed by atoms with Crippen LogP contribution >= 0.6 is 0 Å². The Kier molecular flexibility index (Phi) is 6.97. The van der Waals surface area contributed by atoms with E-state index >= 15 is 0 Å². The summed E-state index contributed by atoms with van der Waals surface area (Å²) in [7, 11) is 0. The summed E-state index contributed by atoms with van der Waals surface area (Å²) in [5.41, 5.74) is 8.25. The van der Waals surface area contributed by atoms with Crippen LogP contribution in [0.1, 0.15) is 46.0 Å². The molecule has 0 saturated carbocycles. The van der Waals surface area contributed by atoms with Gasteiger partial charge < -0.3 is 11.1 Å². The Morgan fingerprint density at radius 3 is 2.67 bits per heavy atom. The van der Waals surface area contributed by atoms with Crippen LogP contribution in [0, 0.1) is 18.8 Å². The number of nitrogens with zero attached hydrogens (tertiary/aromatic N) is 7. The fourth-order valence-electron chi connectivity index (χ4n) is 4.88. The standard InChI is InChI=1S/C31H25N9O3/c1-19-26(29-33-14-7-15-39(29)37-19)30(42)35-20(2)28-36-24-11-6-8-22(13-12-21-16-34-38(17-21)18-25(32)41)27(24)31(43)40(28)23-9-4-3-5-10-23/h3-11,14-17,20H,18H2,1-2H3,(H2,32,41)(H,35,42)/t20-/m1/s1. The molecule has 43 heavy (non-hydrogen) atoms. The summed E-state index contributed by atoms with van der Waals surface area (Å²) >= 11 is 0. The van der Waals surface area contributed by atoms with E-state index in [0.29, 0.717) is 50.4 Å². The molecule has 4 heterocycles. The molecule has 2 amide bonds. The predicted octanol–water partition coefficient (Wildman–Crippen LogP) is 2.31. The number of amides is 2. The lowest BCUT2D eigenvalue weighted by molar-refractivity contribution is -0.118. The largest absolute Gasteiger partial charge is 0.368 e. The summed E-state index contributed by atoms with van der Waals surface area (Å²) in [5, 5.41) is 11.8. The first-order valence-corrected chi connectivity index (χ1v) is 13.3. The minimum absolute atomic E-state index is 0.0629. The van der Waals surface area contributed by atoms with Crippen LogP contribution in [-0.4, -0.2) is 45.7 Å². The van der Waals surface area contributed by atoms with Crippen molar-refractivity contribution in [3.63, 3.8) is 0 Å². The Bertz CT molecular complexity index is 2150. The molecule has 0 saturated heterocycles. The normalized spacial score (nSPS) is 11.7. The summed E-state index contributed by atoms with van der Waals surface area (Å²) in [4.78, 5) is 48.1. The lowest BCUT2D eigenvalue weighted by Crippen LogP contribution is -2.33. The molecule has 0 fully saturated rings. The number of nitrogens with two attached hydrogens (primary N) is 1. The van der Waals surface area contributed by atoms with Crippen LogP contribution in [-0.2, 0) is 11.3 Å². The maximum absolute atomic E-state index is 14.2. The molecule has 12 heteroatoms. The maximum Gasteiger partial charge on any atom is 0.267 e. The molecule has 0 bridgehead atoms. The molecule has 0 spiro atoms. The lowest BCUT2D eigenvalue weighted by atomic mass is 10.1. The third-order valence-electron chi connectivity index (χ3n) is 6.76. The second kappa shape index (κ2) is 11.1. The highest BCUT2D eigenvalue weighted by Gasteiger charge is 2.24. The molecular weight excluding hydrogens is 546 g/mol. The Balaban J connectivity index is 1.44. The number of hydrogen-bond acceptors (Lipinski definition) is 7. The van der Waals surface area contributed by atoms with Crippen molar-refractivity contribution in [3.05, 3.63) is 118 Å². The summed E-state index contributed by atoms with van der Waals surface area (Å²) in [6.07, 6.45) is 6.45. The van der Waals surface area contributed by atoms with E-state index in [-0.39, 0.29) is 18.0 Å². The number of primary amides is 1. The zero-order chi connectivity index (χ0) is 30.1. The van der Waals surface area contributed by atoms with Crippen LogP contribution < -0.4 is 16.6 Å². The predicted molar refractivity (Wildman–Crippen MR) is 158 cm³/mol. The first-order chi connectivity index (χ1) is 20.8. The van der Waals surface area contributed by atoms with Crippen molar-refractivity contribution in [2.45, 2.75) is 26.4 Å². The summed E-state index contributed by atoms with van der Waals surface area (Å²) < 4.78 is 4.44. The van der Waals surface area contributed by atoms with Gasteiger partial charge in [-0.05, 0) is 44.2 Å². The molecule has 6 aromatic rings. The van der Waals surface area contributed by atoms with Gasteiger partial charge in [0.15, 0.2) is 5.65 Å². The van der Waals surface area contributed by atoms with Gasteiger partial charge in [-0.3, -0.25) is 23.6 Å². The molecule has 0 aliphatic carbocycles. The number of fused-ring (bicyclic) bond motifs is 2. The zero-order valence-corrected chi connectivity index (χ0v) is 23.2. The molecular formula is C31H25N9O3. The van der Waals surface area contributed by atoms with Gasteiger partial charge in [-0.2, -0.15) is 10.2 Å². The molecule has 12 nitrogen and oxygen atoms in total. The Labute approximate surface area is 244 Å². The van der Waals surface area contributed by atoms with Crippen LogP contribution in [0.4, 0.5) is 0 Å². The SMILES string of the molecule is Cc1nn2cccnc2c1C(=O)N[C@H](C)c1nc2cccc(C#Cc3cnn(CC(N)=O)c3)c2c(=O)n1-c1ccccc1. The quantitative estimate of drug-likeness (QED) is 0.291. The molecule has 0 unspecified atom stereocenters. The Morgan fingerprint density at radius 2 is 1.88 bits per heavy atom.